The van der Waals surface area contributed by atoms with Gasteiger partial charge in [0.05, 0.1) is 26.4 Å². The number of hydrogen-bond acceptors (Lipinski definition) is 15. The number of rotatable bonds is 73. The van der Waals surface area contributed by atoms with Crippen LogP contribution in [0.3, 0.4) is 0 Å². The molecule has 0 heterocycles. The Bertz CT molecular complexity index is 1970. The Morgan fingerprint density at radius 1 is 0.344 bits per heavy atom. The number of unbranched alkanes of at least 4 members (excludes halogenated alkanes) is 36. The highest BCUT2D eigenvalue weighted by atomic mass is 31.2. The van der Waals surface area contributed by atoms with E-state index < -0.39 is 97.5 Å². The summed E-state index contributed by atoms with van der Waals surface area (Å²) in [5, 5.41) is 10.6. The summed E-state index contributed by atoms with van der Waals surface area (Å²) < 4.78 is 68.4. The van der Waals surface area contributed by atoms with E-state index >= 15 is 0 Å². The van der Waals surface area contributed by atoms with Gasteiger partial charge in [0, 0.05) is 25.7 Å². The largest absolute Gasteiger partial charge is 0.472 e. The molecule has 0 aromatic rings. The third kappa shape index (κ3) is 67.4. The van der Waals surface area contributed by atoms with Gasteiger partial charge in [-0.1, -0.05) is 317 Å². The van der Waals surface area contributed by atoms with E-state index in [1.165, 1.54) is 154 Å². The molecule has 0 spiro atoms. The molecule has 96 heavy (non-hydrogen) atoms. The summed E-state index contributed by atoms with van der Waals surface area (Å²) in [5.74, 6) is 0.112. The molecule has 0 saturated heterocycles. The second-order valence-electron chi connectivity index (χ2n) is 28.0. The molecule has 19 heteroatoms. The van der Waals surface area contributed by atoms with Crippen LogP contribution in [0, 0.1) is 17.8 Å². The Kier molecular flexibility index (Phi) is 65.3. The lowest BCUT2D eigenvalue weighted by molar-refractivity contribution is -0.161. The monoisotopic (exact) mass is 1410 g/mol. The summed E-state index contributed by atoms with van der Waals surface area (Å²) in [6.45, 7) is 11.8. The number of phosphoric ester groups is 2. The minimum Gasteiger partial charge on any atom is -0.462 e. The van der Waals surface area contributed by atoms with Crippen molar-refractivity contribution >= 4 is 39.5 Å². The predicted molar refractivity (Wildman–Crippen MR) is 390 cm³/mol. The number of carbonyl (C=O) groups is 4. The maximum absolute atomic E-state index is 13.1. The number of esters is 4. The molecule has 0 aromatic heterocycles. The third-order valence-corrected chi connectivity index (χ3v) is 19.9. The Balaban J connectivity index is 5.21. The van der Waals surface area contributed by atoms with Crippen LogP contribution in [0.1, 0.15) is 370 Å². The average molecular weight is 1410 g/mol. The molecule has 0 aliphatic rings. The summed E-state index contributed by atoms with van der Waals surface area (Å²) in [7, 11) is -9.92. The third-order valence-electron chi connectivity index (χ3n) is 18.0. The van der Waals surface area contributed by atoms with Crippen LogP contribution in [0.5, 0.6) is 0 Å². The molecule has 0 rings (SSSR count). The summed E-state index contributed by atoms with van der Waals surface area (Å²) in [4.78, 5) is 72.7. The van der Waals surface area contributed by atoms with Gasteiger partial charge in [-0.3, -0.25) is 37.3 Å². The summed E-state index contributed by atoms with van der Waals surface area (Å²) in [5.41, 5.74) is 0. The molecule has 0 aliphatic heterocycles. The van der Waals surface area contributed by atoms with Crippen LogP contribution in [0.15, 0.2) is 24.3 Å². The van der Waals surface area contributed by atoms with Gasteiger partial charge in [0.1, 0.15) is 19.3 Å². The van der Waals surface area contributed by atoms with Gasteiger partial charge < -0.3 is 33.8 Å². The molecule has 0 bridgehead atoms. The fourth-order valence-electron chi connectivity index (χ4n) is 11.2. The quantitative estimate of drug-likeness (QED) is 0.0169. The van der Waals surface area contributed by atoms with Crippen LogP contribution in [0.25, 0.3) is 0 Å². The van der Waals surface area contributed by atoms with Gasteiger partial charge in [0.15, 0.2) is 12.2 Å². The number of ether oxygens (including phenoxy) is 4. The Morgan fingerprint density at radius 2 is 0.615 bits per heavy atom. The lowest BCUT2D eigenvalue weighted by Gasteiger charge is -2.21. The van der Waals surface area contributed by atoms with Crippen molar-refractivity contribution in [2.24, 2.45) is 17.8 Å². The highest BCUT2D eigenvalue weighted by Gasteiger charge is 2.30. The smallest absolute Gasteiger partial charge is 0.462 e. The zero-order valence-electron chi connectivity index (χ0n) is 62.3. The lowest BCUT2D eigenvalue weighted by atomic mass is 9.99. The van der Waals surface area contributed by atoms with Crippen LogP contribution in [-0.2, 0) is 65.4 Å². The number of aliphatic hydroxyl groups is 1. The van der Waals surface area contributed by atoms with E-state index in [0.717, 1.165) is 127 Å². The van der Waals surface area contributed by atoms with Crippen molar-refractivity contribution in [3.05, 3.63) is 24.3 Å². The van der Waals surface area contributed by atoms with Crippen LogP contribution in [-0.4, -0.2) is 96.7 Å². The topological polar surface area (TPSA) is 237 Å². The van der Waals surface area contributed by atoms with Gasteiger partial charge in [-0.05, 0) is 69.1 Å². The molecule has 0 aromatic carbocycles. The lowest BCUT2D eigenvalue weighted by Crippen LogP contribution is -2.30. The maximum Gasteiger partial charge on any atom is 0.472 e. The Hall–Kier alpha value is -2.46. The fourth-order valence-corrected chi connectivity index (χ4v) is 12.8. The highest BCUT2D eigenvalue weighted by molar-refractivity contribution is 7.47. The number of aliphatic hydroxyl groups excluding tert-OH is 1. The van der Waals surface area contributed by atoms with Crippen molar-refractivity contribution in [2.45, 2.75) is 388 Å². The molecular formula is C77H146O17P2. The van der Waals surface area contributed by atoms with Crippen LogP contribution < -0.4 is 0 Å². The SMILES string of the molecule is CCCCCC/C=C\C=C/CCCCCCCC(=O)OC[C@H](COP(=O)(O)OC[C@@H](O)COP(=O)(O)OC[C@@H](COC(=O)CCCCCCCCC(C)CC)OC(=O)CCCCCCCCC(C)C)OC(=O)CCCCCCCCCCCCCCCCCCCCC(C)CC. The molecule has 0 aliphatic carbocycles. The summed E-state index contributed by atoms with van der Waals surface area (Å²) in [6.07, 6.45) is 56.7. The van der Waals surface area contributed by atoms with Gasteiger partial charge in [0.2, 0.25) is 0 Å². The van der Waals surface area contributed by atoms with Crippen LogP contribution in [0.4, 0.5) is 0 Å². The molecular weight excluding hydrogens is 1260 g/mol. The van der Waals surface area contributed by atoms with Gasteiger partial charge in [-0.2, -0.15) is 0 Å². The van der Waals surface area contributed by atoms with Crippen LogP contribution in [0.2, 0.25) is 0 Å². The van der Waals surface area contributed by atoms with Gasteiger partial charge in [-0.15, -0.1) is 0 Å². The summed E-state index contributed by atoms with van der Waals surface area (Å²) in [6, 6.07) is 0. The van der Waals surface area contributed by atoms with E-state index in [2.05, 4.69) is 72.8 Å². The van der Waals surface area contributed by atoms with Crippen molar-refractivity contribution in [1.82, 2.24) is 0 Å². The standard InChI is InChI=1S/C77H146O17P2/c1-8-11-12-13-14-15-16-17-22-26-29-32-35-44-51-58-74(79)87-64-72(93-76(81)60-53-46-36-33-30-27-24-21-19-18-20-23-25-28-31-34-42-49-56-69(6)9-2)66-91-95(83,84)89-62-71(78)63-90-96(85,86)92-67-73(94-77(82)61-54-47-39-37-41-48-55-68(4)5)65-88-75(80)59-52-45-40-38-43-50-57-70(7)10-3/h15-17,22,68-73,78H,8-14,18-21,23-67H2,1-7H3,(H,83,84)(H,85,86)/b16-15-,22-17-/t69?,70?,71-,72-,73-/m1/s1. The molecule has 4 unspecified atom stereocenters. The predicted octanol–water partition coefficient (Wildman–Crippen LogP) is 22.1. The number of phosphoric acid groups is 2. The Morgan fingerprint density at radius 3 is 0.927 bits per heavy atom. The van der Waals surface area contributed by atoms with E-state index in [1.54, 1.807) is 0 Å². The van der Waals surface area contributed by atoms with Gasteiger partial charge >= 0.3 is 39.5 Å². The van der Waals surface area contributed by atoms with Gasteiger partial charge in [0.25, 0.3) is 0 Å². The van der Waals surface area contributed by atoms with E-state index in [1.807, 2.05) is 0 Å². The molecule has 0 radical (unpaired) electrons. The molecule has 17 nitrogen and oxygen atoms in total. The molecule has 0 saturated carbocycles. The maximum atomic E-state index is 13.1. The molecule has 7 atom stereocenters. The Labute approximate surface area is 586 Å². The first-order chi connectivity index (χ1) is 46.3. The van der Waals surface area contributed by atoms with E-state index in [9.17, 15) is 43.2 Å². The normalized spacial score (nSPS) is 14.8. The summed E-state index contributed by atoms with van der Waals surface area (Å²) >= 11 is 0. The first-order valence-electron chi connectivity index (χ1n) is 39.2. The van der Waals surface area contributed by atoms with E-state index in [4.69, 9.17) is 37.0 Å². The minimum absolute atomic E-state index is 0.0988. The second-order valence-corrected chi connectivity index (χ2v) is 30.9. The zero-order valence-corrected chi connectivity index (χ0v) is 64.1. The minimum atomic E-state index is -4.97. The van der Waals surface area contributed by atoms with E-state index in [0.29, 0.717) is 31.6 Å². The highest BCUT2D eigenvalue weighted by Crippen LogP contribution is 2.45. The van der Waals surface area contributed by atoms with Crippen molar-refractivity contribution in [3.63, 3.8) is 0 Å². The molecule has 566 valence electrons. The van der Waals surface area contributed by atoms with Crippen molar-refractivity contribution in [1.29, 1.82) is 0 Å². The number of hydrogen-bond donors (Lipinski definition) is 3. The molecule has 3 N–H and O–H groups in total. The number of carbonyl (C=O) groups excluding carboxylic acids is 4. The molecule has 0 fully saturated rings. The van der Waals surface area contributed by atoms with Crippen molar-refractivity contribution in [2.75, 3.05) is 39.6 Å². The van der Waals surface area contributed by atoms with Crippen LogP contribution >= 0.6 is 15.6 Å². The average Bonchev–Trinajstić information content (AvgIpc) is 1.77. The second kappa shape index (κ2) is 67.1. The van der Waals surface area contributed by atoms with E-state index in [-0.39, 0.29) is 25.7 Å². The molecule has 0 amide bonds. The zero-order chi connectivity index (χ0) is 70.9. The fraction of sp³-hybridized carbons (Fsp3) is 0.896. The first-order valence-corrected chi connectivity index (χ1v) is 42.2. The number of allylic oxidation sites excluding steroid dienone is 4. The van der Waals surface area contributed by atoms with Crippen molar-refractivity contribution in [3.8, 4) is 0 Å². The first kappa shape index (κ1) is 93.5. The van der Waals surface area contributed by atoms with Gasteiger partial charge in [-0.25, -0.2) is 9.13 Å². The van der Waals surface area contributed by atoms with Crippen molar-refractivity contribution < 1.29 is 80.2 Å².